The molecular formula is C16H29IN4O2S2. The van der Waals surface area contributed by atoms with Crippen LogP contribution in [-0.4, -0.2) is 52.1 Å². The second-order valence-electron chi connectivity index (χ2n) is 5.00. The van der Waals surface area contributed by atoms with E-state index >= 15 is 0 Å². The highest BCUT2D eigenvalue weighted by Crippen LogP contribution is 2.15. The number of hydrogen-bond donors (Lipinski definition) is 3. The van der Waals surface area contributed by atoms with Gasteiger partial charge in [-0.2, -0.15) is 0 Å². The molecule has 3 N–H and O–H groups in total. The number of aliphatic imine (C=N–C) groups is 1. The van der Waals surface area contributed by atoms with E-state index in [1.54, 1.807) is 18.7 Å². The molecule has 0 unspecified atom stereocenters. The van der Waals surface area contributed by atoms with Crippen molar-refractivity contribution in [3.05, 3.63) is 30.3 Å². The Morgan fingerprint density at radius 1 is 1.12 bits per heavy atom. The molecule has 0 aliphatic rings. The molecule has 0 fully saturated rings. The van der Waals surface area contributed by atoms with E-state index in [1.807, 2.05) is 25.1 Å². The Labute approximate surface area is 173 Å². The van der Waals surface area contributed by atoms with Gasteiger partial charge in [0, 0.05) is 36.8 Å². The third-order valence-electron chi connectivity index (χ3n) is 3.06. The van der Waals surface area contributed by atoms with E-state index in [2.05, 4.69) is 32.5 Å². The zero-order valence-electron chi connectivity index (χ0n) is 14.8. The standard InChI is InChI=1S/C16H28N4O2S2.HI/c1-3-17-16(18-11-8-12-20-24(21,22)4-2)19-13-14-23-15-9-6-5-7-10-15;/h5-7,9-10,20H,3-4,8,11-14H2,1-2H3,(H2,17,18,19);1H. The molecule has 0 bridgehead atoms. The average molecular weight is 500 g/mol. The van der Waals surface area contributed by atoms with Gasteiger partial charge in [-0.3, -0.25) is 4.99 Å². The van der Waals surface area contributed by atoms with E-state index in [4.69, 9.17) is 0 Å². The van der Waals surface area contributed by atoms with Gasteiger partial charge in [0.2, 0.25) is 10.0 Å². The summed E-state index contributed by atoms with van der Waals surface area (Å²) in [5, 5.41) is 6.48. The normalized spacial score (nSPS) is 11.7. The first-order valence-corrected chi connectivity index (χ1v) is 10.9. The number of nitrogens with one attached hydrogen (secondary N) is 3. The van der Waals surface area contributed by atoms with Crippen LogP contribution >= 0.6 is 35.7 Å². The Balaban J connectivity index is 0.00000576. The number of benzene rings is 1. The summed E-state index contributed by atoms with van der Waals surface area (Å²) in [7, 11) is -3.11. The third kappa shape index (κ3) is 12.5. The lowest BCUT2D eigenvalue weighted by molar-refractivity contribution is 0.581. The molecule has 0 amide bonds. The van der Waals surface area contributed by atoms with E-state index in [0.717, 1.165) is 24.8 Å². The summed E-state index contributed by atoms with van der Waals surface area (Å²) in [5.74, 6) is 1.83. The van der Waals surface area contributed by atoms with Crippen molar-refractivity contribution in [1.82, 2.24) is 15.4 Å². The monoisotopic (exact) mass is 500 g/mol. The molecule has 0 aromatic heterocycles. The summed E-state index contributed by atoms with van der Waals surface area (Å²) >= 11 is 1.80. The van der Waals surface area contributed by atoms with Crippen LogP contribution in [-0.2, 0) is 10.0 Å². The molecule has 0 atom stereocenters. The molecule has 25 heavy (non-hydrogen) atoms. The zero-order chi connectivity index (χ0) is 17.7. The molecule has 1 aromatic rings. The van der Waals surface area contributed by atoms with Gasteiger partial charge in [-0.1, -0.05) is 18.2 Å². The molecule has 9 heteroatoms. The highest BCUT2D eigenvalue weighted by atomic mass is 127. The minimum absolute atomic E-state index is 0. The second-order valence-corrected chi connectivity index (χ2v) is 8.26. The van der Waals surface area contributed by atoms with Gasteiger partial charge in [0.1, 0.15) is 0 Å². The Bertz CT molecular complexity index is 583. The van der Waals surface area contributed by atoms with Gasteiger partial charge in [-0.15, -0.1) is 35.7 Å². The van der Waals surface area contributed by atoms with Crippen LogP contribution in [0.2, 0.25) is 0 Å². The lowest BCUT2D eigenvalue weighted by atomic mass is 10.4. The van der Waals surface area contributed by atoms with Gasteiger partial charge in [-0.05, 0) is 32.4 Å². The predicted octanol–water partition coefficient (Wildman–Crippen LogP) is 2.28. The fourth-order valence-electron chi connectivity index (χ4n) is 1.80. The van der Waals surface area contributed by atoms with Gasteiger partial charge in [0.25, 0.3) is 0 Å². The first kappa shape index (κ1) is 24.5. The maximum absolute atomic E-state index is 11.3. The van der Waals surface area contributed by atoms with Gasteiger partial charge >= 0.3 is 0 Å². The molecular weight excluding hydrogens is 471 g/mol. The lowest BCUT2D eigenvalue weighted by Gasteiger charge is -2.11. The predicted molar refractivity (Wildman–Crippen MR) is 119 cm³/mol. The topological polar surface area (TPSA) is 82.6 Å². The van der Waals surface area contributed by atoms with Crippen molar-refractivity contribution >= 4 is 51.7 Å². The minimum atomic E-state index is -3.11. The van der Waals surface area contributed by atoms with Crippen LogP contribution in [0.25, 0.3) is 0 Å². The highest BCUT2D eigenvalue weighted by Gasteiger charge is 2.04. The quantitative estimate of drug-likeness (QED) is 0.143. The molecule has 0 saturated heterocycles. The van der Waals surface area contributed by atoms with Crippen LogP contribution in [0.4, 0.5) is 0 Å². The summed E-state index contributed by atoms with van der Waals surface area (Å²) in [4.78, 5) is 5.71. The molecule has 0 heterocycles. The fourth-order valence-corrected chi connectivity index (χ4v) is 3.25. The highest BCUT2D eigenvalue weighted by molar-refractivity contribution is 14.0. The number of guanidine groups is 1. The van der Waals surface area contributed by atoms with Crippen molar-refractivity contribution in [1.29, 1.82) is 0 Å². The molecule has 0 aliphatic carbocycles. The van der Waals surface area contributed by atoms with Crippen LogP contribution in [0.1, 0.15) is 20.3 Å². The summed E-state index contributed by atoms with van der Waals surface area (Å²) in [6, 6.07) is 10.3. The van der Waals surface area contributed by atoms with Crippen LogP contribution in [0, 0.1) is 0 Å². The molecule has 0 radical (unpaired) electrons. The number of rotatable bonds is 11. The largest absolute Gasteiger partial charge is 0.357 e. The molecule has 0 saturated carbocycles. The van der Waals surface area contributed by atoms with Gasteiger partial charge in [0.15, 0.2) is 5.96 Å². The van der Waals surface area contributed by atoms with E-state index in [-0.39, 0.29) is 29.7 Å². The van der Waals surface area contributed by atoms with Crippen LogP contribution in [0.5, 0.6) is 0 Å². The Morgan fingerprint density at radius 3 is 2.48 bits per heavy atom. The number of halogens is 1. The van der Waals surface area contributed by atoms with Gasteiger partial charge in [0.05, 0.1) is 5.75 Å². The fraction of sp³-hybridized carbons (Fsp3) is 0.562. The summed E-state index contributed by atoms with van der Waals surface area (Å²) in [5.41, 5.74) is 0. The number of sulfonamides is 1. The first-order chi connectivity index (χ1) is 11.6. The Kier molecular flexibility index (Phi) is 14.3. The van der Waals surface area contributed by atoms with Crippen molar-refractivity contribution in [2.45, 2.75) is 25.2 Å². The maximum atomic E-state index is 11.3. The van der Waals surface area contributed by atoms with Crippen LogP contribution < -0.4 is 15.4 Å². The summed E-state index contributed by atoms with van der Waals surface area (Å²) < 4.78 is 25.2. The average Bonchev–Trinajstić information content (AvgIpc) is 2.59. The number of hydrogen-bond acceptors (Lipinski definition) is 4. The van der Waals surface area contributed by atoms with E-state index < -0.39 is 10.0 Å². The third-order valence-corrected chi connectivity index (χ3v) is 5.48. The van der Waals surface area contributed by atoms with Crippen LogP contribution in [0.15, 0.2) is 40.2 Å². The van der Waals surface area contributed by atoms with E-state index in [9.17, 15) is 8.42 Å². The van der Waals surface area contributed by atoms with Crippen molar-refractivity contribution < 1.29 is 8.42 Å². The van der Waals surface area contributed by atoms with Crippen molar-refractivity contribution in [2.24, 2.45) is 4.99 Å². The lowest BCUT2D eigenvalue weighted by Crippen LogP contribution is -2.38. The minimum Gasteiger partial charge on any atom is -0.357 e. The van der Waals surface area contributed by atoms with Crippen molar-refractivity contribution in [3.8, 4) is 0 Å². The number of thioether (sulfide) groups is 1. The van der Waals surface area contributed by atoms with Crippen LogP contribution in [0.3, 0.4) is 0 Å². The second kappa shape index (κ2) is 14.6. The van der Waals surface area contributed by atoms with Crippen molar-refractivity contribution in [2.75, 3.05) is 37.7 Å². The van der Waals surface area contributed by atoms with Crippen molar-refractivity contribution in [3.63, 3.8) is 0 Å². The molecule has 1 aromatic carbocycles. The van der Waals surface area contributed by atoms with E-state index in [0.29, 0.717) is 19.5 Å². The van der Waals surface area contributed by atoms with Gasteiger partial charge in [-0.25, -0.2) is 13.1 Å². The SMILES string of the molecule is CCNC(=NCCCNS(=O)(=O)CC)NCCSc1ccccc1.I. The first-order valence-electron chi connectivity index (χ1n) is 8.24. The zero-order valence-corrected chi connectivity index (χ0v) is 18.8. The number of nitrogens with zero attached hydrogens (tertiary/aromatic N) is 1. The maximum Gasteiger partial charge on any atom is 0.211 e. The Morgan fingerprint density at radius 2 is 1.84 bits per heavy atom. The molecule has 1 rings (SSSR count). The molecule has 0 spiro atoms. The molecule has 6 nitrogen and oxygen atoms in total. The van der Waals surface area contributed by atoms with E-state index in [1.165, 1.54) is 4.90 Å². The molecule has 0 aliphatic heterocycles. The summed E-state index contributed by atoms with van der Waals surface area (Å²) in [6.07, 6.45) is 0.675. The molecule has 144 valence electrons. The smallest absolute Gasteiger partial charge is 0.211 e. The van der Waals surface area contributed by atoms with Gasteiger partial charge < -0.3 is 10.6 Å². The Hall–Kier alpha value is -0.520. The summed E-state index contributed by atoms with van der Waals surface area (Å²) in [6.45, 7) is 6.25.